The fourth-order valence-electron chi connectivity index (χ4n) is 2.88. The number of benzene rings is 2. The zero-order chi connectivity index (χ0) is 17.2. The Hall–Kier alpha value is -2.99. The Morgan fingerprint density at radius 2 is 1.92 bits per heavy atom. The van der Waals surface area contributed by atoms with Crippen molar-refractivity contribution in [2.45, 2.75) is 26.2 Å². The number of hydrogen-bond acceptors (Lipinski definition) is 4. The highest BCUT2D eigenvalue weighted by molar-refractivity contribution is 6.03. The first kappa shape index (κ1) is 15.5. The van der Waals surface area contributed by atoms with Crippen LogP contribution >= 0.6 is 0 Å². The molecule has 2 aromatic carbocycles. The van der Waals surface area contributed by atoms with E-state index in [0.717, 1.165) is 16.8 Å². The summed E-state index contributed by atoms with van der Waals surface area (Å²) < 4.78 is 7.68. The van der Waals surface area contributed by atoms with Crippen molar-refractivity contribution >= 4 is 11.6 Å². The molecule has 0 saturated heterocycles. The minimum atomic E-state index is -0.271. The number of carbonyl (C=O) groups is 1. The molecule has 0 radical (unpaired) electrons. The number of nitrogens with zero attached hydrogens (tertiary/aromatic N) is 3. The van der Waals surface area contributed by atoms with Gasteiger partial charge in [0.2, 0.25) is 0 Å². The molecule has 0 spiro atoms. The standard InChI is InChI=1S/C19H18N4O2/c1-13-7-9-15(10-8-13)20-19(24)18-16-12-25-17(11-23(16)22-21-18)14-5-3-2-4-6-14/h2-10,17H,11-12H2,1H3,(H,20,24)/t17-/m0/s1. The largest absolute Gasteiger partial charge is 0.365 e. The molecule has 1 amide bonds. The summed E-state index contributed by atoms with van der Waals surface area (Å²) in [6.07, 6.45) is -0.0802. The van der Waals surface area contributed by atoms with Crippen LogP contribution in [0.3, 0.4) is 0 Å². The van der Waals surface area contributed by atoms with Crippen LogP contribution in [-0.2, 0) is 17.9 Å². The van der Waals surface area contributed by atoms with Crippen LogP contribution in [-0.4, -0.2) is 20.9 Å². The molecular formula is C19H18N4O2. The first-order valence-electron chi connectivity index (χ1n) is 8.17. The summed E-state index contributed by atoms with van der Waals surface area (Å²) in [7, 11) is 0. The highest BCUT2D eigenvalue weighted by Crippen LogP contribution is 2.27. The van der Waals surface area contributed by atoms with Crippen LogP contribution < -0.4 is 5.32 Å². The number of carbonyl (C=O) groups excluding carboxylic acids is 1. The Kier molecular flexibility index (Phi) is 4.03. The van der Waals surface area contributed by atoms with Crippen molar-refractivity contribution in [2.24, 2.45) is 0 Å². The molecule has 1 aromatic heterocycles. The minimum absolute atomic E-state index is 0.0802. The molecule has 25 heavy (non-hydrogen) atoms. The smallest absolute Gasteiger partial charge is 0.278 e. The lowest BCUT2D eigenvalue weighted by Crippen LogP contribution is -2.24. The van der Waals surface area contributed by atoms with E-state index in [9.17, 15) is 4.79 Å². The first-order chi connectivity index (χ1) is 12.2. The lowest BCUT2D eigenvalue weighted by Gasteiger charge is -2.24. The van der Waals surface area contributed by atoms with Gasteiger partial charge in [-0.1, -0.05) is 53.2 Å². The van der Waals surface area contributed by atoms with Gasteiger partial charge < -0.3 is 10.1 Å². The van der Waals surface area contributed by atoms with Crippen molar-refractivity contribution in [3.8, 4) is 0 Å². The maximum Gasteiger partial charge on any atom is 0.278 e. The third-order valence-corrected chi connectivity index (χ3v) is 4.29. The van der Waals surface area contributed by atoms with Gasteiger partial charge in [-0.05, 0) is 24.6 Å². The van der Waals surface area contributed by atoms with Gasteiger partial charge in [-0.15, -0.1) is 5.10 Å². The predicted octanol–water partition coefficient (Wildman–Crippen LogP) is 3.11. The molecule has 0 fully saturated rings. The molecule has 6 nitrogen and oxygen atoms in total. The van der Waals surface area contributed by atoms with E-state index in [0.29, 0.717) is 24.5 Å². The van der Waals surface area contributed by atoms with Crippen LogP contribution in [0.4, 0.5) is 5.69 Å². The van der Waals surface area contributed by atoms with E-state index in [-0.39, 0.29) is 12.0 Å². The molecule has 6 heteroatoms. The average Bonchev–Trinajstić information content (AvgIpc) is 3.07. The number of amides is 1. The third-order valence-electron chi connectivity index (χ3n) is 4.29. The summed E-state index contributed by atoms with van der Waals surface area (Å²) in [4.78, 5) is 12.5. The first-order valence-corrected chi connectivity index (χ1v) is 8.17. The maximum atomic E-state index is 12.5. The second kappa shape index (κ2) is 6.49. The monoisotopic (exact) mass is 334 g/mol. The second-order valence-electron chi connectivity index (χ2n) is 6.10. The van der Waals surface area contributed by atoms with E-state index in [1.807, 2.05) is 61.5 Å². The lowest BCUT2D eigenvalue weighted by atomic mass is 10.1. The van der Waals surface area contributed by atoms with Crippen LogP contribution in [0.5, 0.6) is 0 Å². The van der Waals surface area contributed by atoms with Crippen molar-refractivity contribution in [3.05, 3.63) is 77.1 Å². The molecule has 126 valence electrons. The molecule has 1 N–H and O–H groups in total. The number of nitrogens with one attached hydrogen (secondary N) is 1. The van der Waals surface area contributed by atoms with E-state index >= 15 is 0 Å². The number of ether oxygens (including phenoxy) is 1. The van der Waals surface area contributed by atoms with Gasteiger partial charge in [0.1, 0.15) is 6.10 Å². The number of hydrogen-bond donors (Lipinski definition) is 1. The van der Waals surface area contributed by atoms with E-state index < -0.39 is 0 Å². The molecular weight excluding hydrogens is 316 g/mol. The Balaban J connectivity index is 1.51. The summed E-state index contributed by atoms with van der Waals surface area (Å²) in [6, 6.07) is 17.6. The van der Waals surface area contributed by atoms with Gasteiger partial charge in [-0.3, -0.25) is 4.79 Å². The SMILES string of the molecule is Cc1ccc(NC(=O)c2nnn3c2CO[C@H](c2ccccc2)C3)cc1. The number of fused-ring (bicyclic) bond motifs is 1. The van der Waals surface area contributed by atoms with E-state index in [1.165, 1.54) is 0 Å². The highest BCUT2D eigenvalue weighted by atomic mass is 16.5. The molecule has 0 bridgehead atoms. The van der Waals surface area contributed by atoms with Gasteiger partial charge in [0.05, 0.1) is 18.8 Å². The van der Waals surface area contributed by atoms with Gasteiger partial charge in [-0.2, -0.15) is 0 Å². The Labute approximate surface area is 145 Å². The number of aromatic nitrogens is 3. The predicted molar refractivity (Wildman–Crippen MR) is 93.1 cm³/mol. The molecule has 1 aliphatic heterocycles. The van der Waals surface area contributed by atoms with Crippen molar-refractivity contribution < 1.29 is 9.53 Å². The zero-order valence-electron chi connectivity index (χ0n) is 13.8. The topological polar surface area (TPSA) is 69.0 Å². The van der Waals surface area contributed by atoms with E-state index in [4.69, 9.17) is 4.74 Å². The summed E-state index contributed by atoms with van der Waals surface area (Å²) in [5, 5.41) is 11.0. The average molecular weight is 334 g/mol. The summed E-state index contributed by atoms with van der Waals surface area (Å²) >= 11 is 0. The Morgan fingerprint density at radius 1 is 1.16 bits per heavy atom. The van der Waals surface area contributed by atoms with E-state index in [2.05, 4.69) is 15.6 Å². The minimum Gasteiger partial charge on any atom is -0.365 e. The molecule has 2 heterocycles. The molecule has 1 atom stereocenters. The van der Waals surface area contributed by atoms with Crippen LogP contribution in [0.2, 0.25) is 0 Å². The van der Waals surface area contributed by atoms with Gasteiger partial charge >= 0.3 is 0 Å². The third kappa shape index (κ3) is 3.16. The number of aryl methyl sites for hydroxylation is 1. The van der Waals surface area contributed by atoms with Crippen molar-refractivity contribution in [1.29, 1.82) is 0 Å². The fraction of sp³-hybridized carbons (Fsp3) is 0.211. The molecule has 1 aliphatic rings. The molecule has 0 aliphatic carbocycles. The molecule has 4 rings (SSSR count). The van der Waals surface area contributed by atoms with Gasteiger partial charge in [0.25, 0.3) is 5.91 Å². The quantitative estimate of drug-likeness (QED) is 0.799. The van der Waals surface area contributed by atoms with Crippen LogP contribution in [0.15, 0.2) is 54.6 Å². The van der Waals surface area contributed by atoms with E-state index in [1.54, 1.807) is 4.68 Å². The number of rotatable bonds is 3. The molecule has 0 saturated carbocycles. The van der Waals surface area contributed by atoms with Gasteiger partial charge in [0, 0.05) is 5.69 Å². The van der Waals surface area contributed by atoms with Gasteiger partial charge in [-0.25, -0.2) is 4.68 Å². The van der Waals surface area contributed by atoms with Crippen LogP contribution in [0.1, 0.15) is 33.4 Å². The summed E-state index contributed by atoms with van der Waals surface area (Å²) in [5.74, 6) is -0.271. The van der Waals surface area contributed by atoms with Crippen molar-refractivity contribution in [3.63, 3.8) is 0 Å². The fourth-order valence-corrected chi connectivity index (χ4v) is 2.88. The molecule has 0 unspecified atom stereocenters. The highest BCUT2D eigenvalue weighted by Gasteiger charge is 2.27. The lowest BCUT2D eigenvalue weighted by molar-refractivity contribution is -0.00171. The Morgan fingerprint density at radius 3 is 2.68 bits per heavy atom. The number of anilines is 1. The van der Waals surface area contributed by atoms with Crippen molar-refractivity contribution in [2.75, 3.05) is 5.32 Å². The maximum absolute atomic E-state index is 12.5. The normalized spacial score (nSPS) is 16.3. The van der Waals surface area contributed by atoms with Crippen LogP contribution in [0, 0.1) is 6.92 Å². The Bertz CT molecular complexity index is 888. The van der Waals surface area contributed by atoms with Crippen LogP contribution in [0.25, 0.3) is 0 Å². The summed E-state index contributed by atoms with van der Waals surface area (Å²) in [6.45, 7) is 2.86. The molecule has 3 aromatic rings. The van der Waals surface area contributed by atoms with Gasteiger partial charge in [0.15, 0.2) is 5.69 Å². The van der Waals surface area contributed by atoms with Crippen molar-refractivity contribution in [1.82, 2.24) is 15.0 Å². The second-order valence-corrected chi connectivity index (χ2v) is 6.10. The zero-order valence-corrected chi connectivity index (χ0v) is 13.8. The summed E-state index contributed by atoms with van der Waals surface area (Å²) in [5.41, 5.74) is 3.98.